The summed E-state index contributed by atoms with van der Waals surface area (Å²) in [6, 6.07) is 9.74. The van der Waals surface area contributed by atoms with Gasteiger partial charge in [-0.15, -0.1) is 0 Å². The molecule has 4 nitrogen and oxygen atoms in total. The van der Waals surface area contributed by atoms with Crippen LogP contribution >= 0.6 is 0 Å². The molecule has 1 unspecified atom stereocenters. The largest absolute Gasteiger partial charge is 0.507 e. The van der Waals surface area contributed by atoms with E-state index >= 15 is 0 Å². The molecule has 0 bridgehead atoms. The molecule has 4 rings (SSSR count). The fourth-order valence-corrected chi connectivity index (χ4v) is 4.35. The number of amides is 1. The van der Waals surface area contributed by atoms with Crippen LogP contribution in [0.5, 0.6) is 0 Å². The van der Waals surface area contributed by atoms with Gasteiger partial charge in [0.1, 0.15) is 17.4 Å². The Morgan fingerprint density at radius 1 is 0.931 bits per heavy atom. The van der Waals surface area contributed by atoms with Gasteiger partial charge in [-0.25, -0.2) is 8.78 Å². The minimum atomic E-state index is -1.01. The van der Waals surface area contributed by atoms with Crippen LogP contribution in [-0.2, 0) is 9.59 Å². The van der Waals surface area contributed by atoms with Gasteiger partial charge in [-0.3, -0.25) is 9.59 Å². The molecule has 150 valence electrons. The first-order valence-corrected chi connectivity index (χ1v) is 9.79. The molecule has 1 amide bonds. The molecule has 1 saturated carbocycles. The van der Waals surface area contributed by atoms with Crippen LogP contribution in [0.25, 0.3) is 5.76 Å². The molecule has 0 radical (unpaired) electrons. The van der Waals surface area contributed by atoms with Crippen molar-refractivity contribution >= 4 is 17.4 Å². The van der Waals surface area contributed by atoms with E-state index in [2.05, 4.69) is 0 Å². The van der Waals surface area contributed by atoms with Gasteiger partial charge in [-0.05, 0) is 43.2 Å². The Labute approximate surface area is 167 Å². The molecule has 1 heterocycles. The van der Waals surface area contributed by atoms with Crippen LogP contribution in [0.3, 0.4) is 0 Å². The Kier molecular flexibility index (Phi) is 5.18. The number of Topliss-reactive ketones (excluding diaryl/α,β-unsaturated/α-hetero) is 1. The maximum atomic E-state index is 14.7. The molecule has 2 aromatic rings. The summed E-state index contributed by atoms with van der Waals surface area (Å²) >= 11 is 0. The molecule has 6 heteroatoms. The molecule has 2 fully saturated rings. The summed E-state index contributed by atoms with van der Waals surface area (Å²) in [6.45, 7) is 0. The number of hydrogen-bond acceptors (Lipinski definition) is 3. The van der Waals surface area contributed by atoms with E-state index in [9.17, 15) is 23.5 Å². The minimum Gasteiger partial charge on any atom is -0.507 e. The number of carbonyl (C=O) groups excluding carboxylic acids is 2. The van der Waals surface area contributed by atoms with Crippen LogP contribution in [-0.4, -0.2) is 27.7 Å². The van der Waals surface area contributed by atoms with Gasteiger partial charge < -0.3 is 10.0 Å². The lowest BCUT2D eigenvalue weighted by Gasteiger charge is -2.35. The predicted molar refractivity (Wildman–Crippen MR) is 104 cm³/mol. The Bertz CT molecular complexity index is 978. The molecule has 1 N–H and O–H groups in total. The zero-order valence-corrected chi connectivity index (χ0v) is 15.8. The van der Waals surface area contributed by atoms with Gasteiger partial charge in [-0.2, -0.15) is 0 Å². The zero-order valence-electron chi connectivity index (χ0n) is 15.8. The normalized spacial score (nSPS) is 22.3. The Balaban J connectivity index is 1.89. The summed E-state index contributed by atoms with van der Waals surface area (Å²) in [5.41, 5.74) is 0.215. The lowest BCUT2D eigenvalue weighted by atomic mass is 9.90. The van der Waals surface area contributed by atoms with Crippen molar-refractivity contribution in [1.29, 1.82) is 0 Å². The quantitative estimate of drug-likeness (QED) is 0.463. The number of rotatable bonds is 3. The average molecular weight is 397 g/mol. The molecule has 1 atom stereocenters. The second-order valence-corrected chi connectivity index (χ2v) is 7.53. The van der Waals surface area contributed by atoms with E-state index in [1.165, 1.54) is 35.2 Å². The lowest BCUT2D eigenvalue weighted by Crippen LogP contribution is -2.40. The number of aliphatic hydroxyl groups excluding tert-OH is 1. The van der Waals surface area contributed by atoms with Crippen LogP contribution in [0.15, 0.2) is 54.1 Å². The highest BCUT2D eigenvalue weighted by Crippen LogP contribution is 2.43. The summed E-state index contributed by atoms with van der Waals surface area (Å²) in [5, 5.41) is 10.9. The first kappa shape index (κ1) is 19.3. The molecule has 1 saturated heterocycles. The summed E-state index contributed by atoms with van der Waals surface area (Å²) < 4.78 is 28.0. The third kappa shape index (κ3) is 3.43. The summed E-state index contributed by atoms with van der Waals surface area (Å²) in [5.74, 6) is -3.03. The SMILES string of the molecule is O=C1C(=O)N(C2CCCCC2)C(c2ccccc2F)/C1=C(/O)c1ccc(F)cc1. The maximum Gasteiger partial charge on any atom is 0.295 e. The smallest absolute Gasteiger partial charge is 0.295 e. The molecule has 2 aromatic carbocycles. The van der Waals surface area contributed by atoms with Crippen LogP contribution < -0.4 is 0 Å². The average Bonchev–Trinajstić information content (AvgIpc) is 3.00. The Hall–Kier alpha value is -3.02. The monoisotopic (exact) mass is 397 g/mol. The number of ketones is 1. The summed E-state index contributed by atoms with van der Waals surface area (Å²) in [4.78, 5) is 27.3. The van der Waals surface area contributed by atoms with Crippen molar-refractivity contribution < 1.29 is 23.5 Å². The summed E-state index contributed by atoms with van der Waals surface area (Å²) in [7, 11) is 0. The molecular formula is C23H21F2NO3. The fraction of sp³-hybridized carbons (Fsp3) is 0.304. The molecule has 0 spiro atoms. The number of benzene rings is 2. The van der Waals surface area contributed by atoms with Gasteiger partial charge in [0.15, 0.2) is 0 Å². The highest BCUT2D eigenvalue weighted by atomic mass is 19.1. The molecular weight excluding hydrogens is 376 g/mol. The second kappa shape index (κ2) is 7.78. The van der Waals surface area contributed by atoms with E-state index in [0.29, 0.717) is 0 Å². The fourth-order valence-electron chi connectivity index (χ4n) is 4.35. The number of aliphatic hydroxyl groups is 1. The number of likely N-dealkylation sites (tertiary alicyclic amines) is 1. The standard InChI is InChI=1S/C23H21F2NO3/c24-15-12-10-14(11-13-15)21(27)19-20(17-8-4-5-9-18(17)25)26(23(29)22(19)28)16-6-2-1-3-7-16/h4-5,8-13,16,20,27H,1-3,6-7H2/b21-19-. The number of halogens is 2. The van der Waals surface area contributed by atoms with Gasteiger partial charge in [0.05, 0.1) is 11.6 Å². The maximum absolute atomic E-state index is 14.7. The van der Waals surface area contributed by atoms with Gasteiger partial charge in [0, 0.05) is 17.2 Å². The molecule has 1 aliphatic heterocycles. The van der Waals surface area contributed by atoms with E-state index in [0.717, 1.165) is 44.2 Å². The van der Waals surface area contributed by atoms with Crippen molar-refractivity contribution in [2.45, 2.75) is 44.2 Å². The van der Waals surface area contributed by atoms with E-state index in [1.807, 2.05) is 0 Å². The molecule has 0 aromatic heterocycles. The number of carbonyl (C=O) groups is 2. The Morgan fingerprint density at radius 3 is 2.24 bits per heavy atom. The van der Waals surface area contributed by atoms with Gasteiger partial charge >= 0.3 is 0 Å². The van der Waals surface area contributed by atoms with Gasteiger partial charge in [0.2, 0.25) is 0 Å². The first-order valence-electron chi connectivity index (χ1n) is 9.79. The minimum absolute atomic E-state index is 0.155. The van der Waals surface area contributed by atoms with Crippen molar-refractivity contribution in [2.75, 3.05) is 0 Å². The van der Waals surface area contributed by atoms with Gasteiger partial charge in [-0.1, -0.05) is 37.5 Å². The Morgan fingerprint density at radius 2 is 1.59 bits per heavy atom. The summed E-state index contributed by atoms with van der Waals surface area (Å²) in [6.07, 6.45) is 4.37. The number of hydrogen-bond donors (Lipinski definition) is 1. The highest BCUT2D eigenvalue weighted by molar-refractivity contribution is 6.46. The van der Waals surface area contributed by atoms with Gasteiger partial charge in [0.25, 0.3) is 11.7 Å². The van der Waals surface area contributed by atoms with Crippen molar-refractivity contribution in [3.8, 4) is 0 Å². The predicted octanol–water partition coefficient (Wildman–Crippen LogP) is 4.72. The van der Waals surface area contributed by atoms with Crippen molar-refractivity contribution in [2.24, 2.45) is 0 Å². The van der Waals surface area contributed by atoms with Crippen molar-refractivity contribution in [1.82, 2.24) is 4.90 Å². The van der Waals surface area contributed by atoms with Crippen molar-refractivity contribution in [3.05, 3.63) is 76.9 Å². The van der Waals surface area contributed by atoms with E-state index in [1.54, 1.807) is 6.07 Å². The topological polar surface area (TPSA) is 57.6 Å². The van der Waals surface area contributed by atoms with Crippen LogP contribution in [0.2, 0.25) is 0 Å². The van der Waals surface area contributed by atoms with E-state index < -0.39 is 35.1 Å². The molecule has 2 aliphatic rings. The van der Waals surface area contributed by atoms with Crippen LogP contribution in [0.1, 0.15) is 49.3 Å². The third-order valence-electron chi connectivity index (χ3n) is 5.77. The third-order valence-corrected chi connectivity index (χ3v) is 5.77. The second-order valence-electron chi connectivity index (χ2n) is 7.53. The zero-order chi connectivity index (χ0) is 20.5. The number of nitrogens with zero attached hydrogens (tertiary/aromatic N) is 1. The first-order chi connectivity index (χ1) is 14.0. The van der Waals surface area contributed by atoms with Crippen LogP contribution in [0, 0.1) is 11.6 Å². The van der Waals surface area contributed by atoms with Crippen molar-refractivity contribution in [3.63, 3.8) is 0 Å². The van der Waals surface area contributed by atoms with E-state index in [4.69, 9.17) is 0 Å². The lowest BCUT2D eigenvalue weighted by molar-refractivity contribution is -0.141. The molecule has 1 aliphatic carbocycles. The van der Waals surface area contributed by atoms with E-state index in [-0.39, 0.29) is 22.7 Å². The van der Waals surface area contributed by atoms with Crippen LogP contribution in [0.4, 0.5) is 8.78 Å². The molecule has 29 heavy (non-hydrogen) atoms. The highest BCUT2D eigenvalue weighted by Gasteiger charge is 2.49.